The van der Waals surface area contributed by atoms with E-state index >= 15 is 0 Å². The SMILES string of the molecule is O=C(Cn1cnc2ccc(Cl)cc2c1=O)N[C@H](c1ccccc1)c1cccs1. The molecule has 0 aliphatic rings. The summed E-state index contributed by atoms with van der Waals surface area (Å²) in [6.07, 6.45) is 1.39. The first-order valence-corrected chi connectivity index (χ1v) is 9.90. The molecule has 1 amide bonds. The third kappa shape index (κ3) is 3.83. The maximum absolute atomic E-state index is 12.7. The highest BCUT2D eigenvalue weighted by atomic mass is 35.5. The fourth-order valence-electron chi connectivity index (χ4n) is 3.02. The van der Waals surface area contributed by atoms with E-state index in [9.17, 15) is 9.59 Å². The highest BCUT2D eigenvalue weighted by Crippen LogP contribution is 2.25. The summed E-state index contributed by atoms with van der Waals surface area (Å²) >= 11 is 7.56. The maximum Gasteiger partial charge on any atom is 0.261 e. The van der Waals surface area contributed by atoms with E-state index in [0.29, 0.717) is 15.9 Å². The number of nitrogens with zero attached hydrogens (tertiary/aromatic N) is 2. The van der Waals surface area contributed by atoms with Crippen molar-refractivity contribution in [3.05, 3.63) is 98.2 Å². The summed E-state index contributed by atoms with van der Waals surface area (Å²) in [6, 6.07) is 18.3. The zero-order valence-electron chi connectivity index (χ0n) is 14.7. The Labute approximate surface area is 170 Å². The number of nitrogens with one attached hydrogen (secondary N) is 1. The van der Waals surface area contributed by atoms with E-state index in [1.807, 2.05) is 47.8 Å². The third-order valence-electron chi connectivity index (χ3n) is 4.37. The molecule has 0 saturated carbocycles. The molecular weight excluding hydrogens is 394 g/mol. The number of hydrogen-bond donors (Lipinski definition) is 1. The number of amides is 1. The van der Waals surface area contributed by atoms with Crippen LogP contribution >= 0.6 is 22.9 Å². The van der Waals surface area contributed by atoms with Gasteiger partial charge in [0.2, 0.25) is 5.91 Å². The van der Waals surface area contributed by atoms with Crippen molar-refractivity contribution < 1.29 is 4.79 Å². The molecule has 28 heavy (non-hydrogen) atoms. The molecule has 0 aliphatic carbocycles. The first-order valence-electron chi connectivity index (χ1n) is 8.64. The molecule has 1 N–H and O–H groups in total. The van der Waals surface area contributed by atoms with Gasteiger partial charge in [0, 0.05) is 9.90 Å². The Hall–Kier alpha value is -2.96. The molecule has 2 aromatic carbocycles. The molecule has 0 saturated heterocycles. The van der Waals surface area contributed by atoms with E-state index in [-0.39, 0.29) is 24.1 Å². The van der Waals surface area contributed by atoms with E-state index in [0.717, 1.165) is 10.4 Å². The van der Waals surface area contributed by atoms with E-state index < -0.39 is 0 Å². The van der Waals surface area contributed by atoms with Crippen LogP contribution in [0, 0.1) is 0 Å². The van der Waals surface area contributed by atoms with Gasteiger partial charge in [0.15, 0.2) is 0 Å². The molecule has 0 aliphatic heterocycles. The van der Waals surface area contributed by atoms with Crippen molar-refractivity contribution in [2.24, 2.45) is 0 Å². The normalized spacial score (nSPS) is 12.0. The Bertz CT molecular complexity index is 1170. The number of aromatic nitrogens is 2. The van der Waals surface area contributed by atoms with Gasteiger partial charge in [-0.25, -0.2) is 4.98 Å². The van der Waals surface area contributed by atoms with Gasteiger partial charge in [-0.1, -0.05) is 48.0 Å². The Balaban J connectivity index is 1.60. The highest BCUT2D eigenvalue weighted by Gasteiger charge is 2.18. The molecule has 2 heterocycles. The van der Waals surface area contributed by atoms with Gasteiger partial charge in [-0.05, 0) is 35.2 Å². The highest BCUT2D eigenvalue weighted by molar-refractivity contribution is 7.10. The largest absolute Gasteiger partial charge is 0.343 e. The number of carbonyl (C=O) groups excluding carboxylic acids is 1. The Morgan fingerprint density at radius 2 is 1.96 bits per heavy atom. The summed E-state index contributed by atoms with van der Waals surface area (Å²) in [5.41, 5.74) is 1.23. The number of rotatable bonds is 5. The molecule has 0 spiro atoms. The van der Waals surface area contributed by atoms with Gasteiger partial charge < -0.3 is 5.32 Å². The zero-order valence-corrected chi connectivity index (χ0v) is 16.3. The van der Waals surface area contributed by atoms with Gasteiger partial charge >= 0.3 is 0 Å². The number of carbonyl (C=O) groups is 1. The number of halogens is 1. The maximum atomic E-state index is 12.7. The van der Waals surface area contributed by atoms with Gasteiger partial charge in [0.05, 0.1) is 23.3 Å². The third-order valence-corrected chi connectivity index (χ3v) is 5.54. The molecule has 0 unspecified atom stereocenters. The monoisotopic (exact) mass is 409 g/mol. The average Bonchev–Trinajstić information content (AvgIpc) is 3.24. The van der Waals surface area contributed by atoms with Crippen molar-refractivity contribution >= 4 is 39.7 Å². The van der Waals surface area contributed by atoms with Gasteiger partial charge in [0.1, 0.15) is 6.54 Å². The van der Waals surface area contributed by atoms with E-state index in [2.05, 4.69) is 10.3 Å². The second-order valence-electron chi connectivity index (χ2n) is 6.27. The Morgan fingerprint density at radius 1 is 1.14 bits per heavy atom. The molecule has 0 bridgehead atoms. The Kier molecular flexibility index (Phi) is 5.23. The molecular formula is C21H16ClN3O2S. The van der Waals surface area contributed by atoms with Crippen molar-refractivity contribution in [1.29, 1.82) is 0 Å². The Morgan fingerprint density at radius 3 is 2.71 bits per heavy atom. The summed E-state index contributed by atoms with van der Waals surface area (Å²) in [5, 5.41) is 5.84. The summed E-state index contributed by atoms with van der Waals surface area (Å²) in [7, 11) is 0. The lowest BCUT2D eigenvalue weighted by Crippen LogP contribution is -2.35. The topological polar surface area (TPSA) is 64.0 Å². The quantitative estimate of drug-likeness (QED) is 0.541. The fraction of sp³-hybridized carbons (Fsp3) is 0.0952. The van der Waals surface area contributed by atoms with Crippen LogP contribution in [0.15, 0.2) is 77.2 Å². The van der Waals surface area contributed by atoms with E-state index in [1.165, 1.54) is 10.9 Å². The molecule has 1 atom stereocenters. The molecule has 4 rings (SSSR count). The molecule has 0 fully saturated rings. The average molecular weight is 410 g/mol. The van der Waals surface area contributed by atoms with Crippen LogP contribution in [0.5, 0.6) is 0 Å². The first kappa shape index (κ1) is 18.4. The van der Waals surface area contributed by atoms with Crippen LogP contribution in [0.2, 0.25) is 5.02 Å². The van der Waals surface area contributed by atoms with Crippen LogP contribution in [0.25, 0.3) is 10.9 Å². The van der Waals surface area contributed by atoms with Crippen molar-refractivity contribution in [2.75, 3.05) is 0 Å². The van der Waals surface area contributed by atoms with E-state index in [1.54, 1.807) is 29.5 Å². The van der Waals surface area contributed by atoms with Crippen LogP contribution in [0.1, 0.15) is 16.5 Å². The summed E-state index contributed by atoms with van der Waals surface area (Å²) < 4.78 is 1.30. The van der Waals surface area contributed by atoms with Crippen LogP contribution in [-0.4, -0.2) is 15.5 Å². The molecule has 0 radical (unpaired) electrons. The number of benzene rings is 2. The lowest BCUT2D eigenvalue weighted by atomic mass is 10.1. The fourth-order valence-corrected chi connectivity index (χ4v) is 4.00. The van der Waals surface area contributed by atoms with Crippen LogP contribution in [0.3, 0.4) is 0 Å². The smallest absolute Gasteiger partial charge is 0.261 e. The second kappa shape index (κ2) is 7.96. The van der Waals surface area contributed by atoms with Gasteiger partial charge in [-0.15, -0.1) is 11.3 Å². The molecule has 5 nitrogen and oxygen atoms in total. The minimum atomic E-state index is -0.296. The lowest BCUT2D eigenvalue weighted by Gasteiger charge is -2.18. The van der Waals surface area contributed by atoms with Crippen molar-refractivity contribution in [2.45, 2.75) is 12.6 Å². The minimum absolute atomic E-state index is 0.122. The van der Waals surface area contributed by atoms with Crippen molar-refractivity contribution in [3.63, 3.8) is 0 Å². The molecule has 4 aromatic rings. The van der Waals surface area contributed by atoms with Gasteiger partial charge in [-0.2, -0.15) is 0 Å². The summed E-state index contributed by atoms with van der Waals surface area (Å²) in [4.78, 5) is 30.7. The number of fused-ring (bicyclic) bond motifs is 1. The predicted molar refractivity (Wildman–Crippen MR) is 112 cm³/mol. The predicted octanol–water partition coefficient (Wildman–Crippen LogP) is 4.02. The number of thiophene rings is 1. The van der Waals surface area contributed by atoms with Crippen LogP contribution in [0.4, 0.5) is 0 Å². The van der Waals surface area contributed by atoms with Gasteiger partial charge in [-0.3, -0.25) is 14.2 Å². The standard InChI is InChI=1S/C21H16ClN3O2S/c22-15-8-9-17-16(11-15)21(27)25(13-23-17)12-19(26)24-20(18-7-4-10-28-18)14-5-2-1-3-6-14/h1-11,13,20H,12H2,(H,24,26)/t20-/m1/s1. The molecule has 7 heteroatoms. The summed E-state index contributed by atoms with van der Waals surface area (Å²) in [5.74, 6) is -0.271. The van der Waals surface area contributed by atoms with Crippen molar-refractivity contribution in [3.8, 4) is 0 Å². The molecule has 140 valence electrons. The lowest BCUT2D eigenvalue weighted by molar-refractivity contribution is -0.122. The second-order valence-corrected chi connectivity index (χ2v) is 7.68. The number of hydrogen-bond acceptors (Lipinski definition) is 4. The van der Waals surface area contributed by atoms with E-state index in [4.69, 9.17) is 11.6 Å². The summed E-state index contributed by atoms with van der Waals surface area (Å²) in [6.45, 7) is -0.122. The van der Waals surface area contributed by atoms with Crippen molar-refractivity contribution in [1.82, 2.24) is 14.9 Å². The van der Waals surface area contributed by atoms with Gasteiger partial charge in [0.25, 0.3) is 5.56 Å². The van der Waals surface area contributed by atoms with Crippen LogP contribution in [-0.2, 0) is 11.3 Å². The zero-order chi connectivity index (χ0) is 19.5. The van der Waals surface area contributed by atoms with Crippen LogP contribution < -0.4 is 10.9 Å². The minimum Gasteiger partial charge on any atom is -0.343 e. The molecule has 2 aromatic heterocycles. The first-order chi connectivity index (χ1) is 13.6.